The largest absolute Gasteiger partial charge is 0.479 e. The number of aliphatic hydroxyl groups is 1. The van der Waals surface area contributed by atoms with Gasteiger partial charge in [-0.25, -0.2) is 9.18 Å². The van der Waals surface area contributed by atoms with Crippen LogP contribution in [0, 0.1) is 17.1 Å². The fourth-order valence-corrected chi connectivity index (χ4v) is 1.16. The molecule has 1 aromatic rings. The summed E-state index contributed by atoms with van der Waals surface area (Å²) in [5.74, 6) is -2.61. The van der Waals surface area contributed by atoms with Gasteiger partial charge in [-0.2, -0.15) is 5.26 Å². The van der Waals surface area contributed by atoms with Gasteiger partial charge in [0, 0.05) is 5.56 Å². The molecule has 2 N–H and O–H groups in total. The summed E-state index contributed by atoms with van der Waals surface area (Å²) in [5, 5.41) is 26.2. The number of benzene rings is 1. The Morgan fingerprint density at radius 1 is 1.56 bits per heavy atom. The Bertz CT molecular complexity index is 492. The number of aliphatic carboxylic acids is 1. The Hall–Kier alpha value is -2.26. The van der Waals surface area contributed by atoms with Crippen LogP contribution in [0.5, 0.6) is 0 Å². The maximum absolute atomic E-state index is 13.2. The Kier molecular flexibility index (Phi) is 3.33. The van der Waals surface area contributed by atoms with Gasteiger partial charge in [0.1, 0.15) is 11.9 Å². The fourth-order valence-electron chi connectivity index (χ4n) is 1.16. The van der Waals surface area contributed by atoms with Crippen molar-refractivity contribution in [1.82, 2.24) is 0 Å². The summed E-state index contributed by atoms with van der Waals surface area (Å²) in [6, 6.07) is 3.15. The van der Waals surface area contributed by atoms with Crippen LogP contribution in [-0.4, -0.2) is 22.5 Å². The van der Waals surface area contributed by atoms with Crippen LogP contribution in [0.4, 0.5) is 4.39 Å². The van der Waals surface area contributed by atoms with E-state index in [0.717, 1.165) is 6.07 Å². The average molecular weight is 223 g/mol. The van der Waals surface area contributed by atoms with Crippen LogP contribution in [-0.2, 0) is 4.79 Å². The molecule has 0 heterocycles. The molecule has 82 valence electrons. The number of carbonyl (C=O) groups is 2. The smallest absolute Gasteiger partial charge is 0.337 e. The first-order chi connectivity index (χ1) is 7.51. The molecule has 1 aromatic carbocycles. The molecule has 0 spiro atoms. The monoisotopic (exact) mass is 223 g/mol. The van der Waals surface area contributed by atoms with Crippen LogP contribution in [0.15, 0.2) is 12.1 Å². The third-order valence-corrected chi connectivity index (χ3v) is 1.93. The predicted molar refractivity (Wildman–Crippen MR) is 49.1 cm³/mol. The Morgan fingerprint density at radius 2 is 2.19 bits per heavy atom. The highest BCUT2D eigenvalue weighted by Crippen LogP contribution is 2.20. The molecule has 0 radical (unpaired) electrons. The second-order valence-electron chi connectivity index (χ2n) is 2.94. The van der Waals surface area contributed by atoms with E-state index in [-0.39, 0.29) is 17.4 Å². The maximum Gasteiger partial charge on any atom is 0.337 e. The van der Waals surface area contributed by atoms with Crippen LogP contribution in [0.1, 0.15) is 27.6 Å². The van der Waals surface area contributed by atoms with E-state index in [1.807, 2.05) is 0 Å². The number of hydrogen-bond acceptors (Lipinski definition) is 4. The van der Waals surface area contributed by atoms with Crippen molar-refractivity contribution >= 4 is 12.3 Å². The van der Waals surface area contributed by atoms with Gasteiger partial charge < -0.3 is 10.2 Å². The summed E-state index contributed by atoms with van der Waals surface area (Å²) >= 11 is 0. The van der Waals surface area contributed by atoms with E-state index in [4.69, 9.17) is 15.5 Å². The molecule has 5 nitrogen and oxygen atoms in total. The third kappa shape index (κ3) is 2.04. The second-order valence-corrected chi connectivity index (χ2v) is 2.94. The molecular formula is C10H6FNO4. The normalized spacial score (nSPS) is 11.6. The van der Waals surface area contributed by atoms with E-state index < -0.39 is 23.5 Å². The first kappa shape index (κ1) is 11.8. The summed E-state index contributed by atoms with van der Waals surface area (Å²) in [7, 11) is 0. The SMILES string of the molecule is N#Cc1c(F)cc(C(O)C(=O)O)cc1C=O. The number of hydrogen-bond donors (Lipinski definition) is 2. The number of aldehydes is 1. The average Bonchev–Trinajstić information content (AvgIpc) is 2.26. The minimum atomic E-state index is -1.93. The van der Waals surface area contributed by atoms with Crippen molar-refractivity contribution in [2.24, 2.45) is 0 Å². The zero-order valence-corrected chi connectivity index (χ0v) is 7.85. The molecule has 0 saturated carbocycles. The number of nitriles is 1. The molecule has 0 amide bonds. The Balaban J connectivity index is 3.38. The molecule has 1 unspecified atom stereocenters. The summed E-state index contributed by atoms with van der Waals surface area (Å²) in [5.41, 5.74) is -1.06. The molecule has 16 heavy (non-hydrogen) atoms. The topological polar surface area (TPSA) is 98.4 Å². The number of rotatable bonds is 3. The molecule has 6 heteroatoms. The highest BCUT2D eigenvalue weighted by molar-refractivity contribution is 5.81. The van der Waals surface area contributed by atoms with Crippen molar-refractivity contribution < 1.29 is 24.2 Å². The number of nitrogens with zero attached hydrogens (tertiary/aromatic N) is 1. The number of halogens is 1. The molecule has 1 rings (SSSR count). The van der Waals surface area contributed by atoms with Crippen LogP contribution >= 0.6 is 0 Å². The van der Waals surface area contributed by atoms with Gasteiger partial charge in [-0.1, -0.05) is 0 Å². The molecule has 0 bridgehead atoms. The van der Waals surface area contributed by atoms with Crippen LogP contribution in [0.25, 0.3) is 0 Å². The summed E-state index contributed by atoms with van der Waals surface area (Å²) in [6.45, 7) is 0. The van der Waals surface area contributed by atoms with E-state index in [1.165, 1.54) is 6.07 Å². The van der Waals surface area contributed by atoms with Crippen molar-refractivity contribution in [2.75, 3.05) is 0 Å². The minimum absolute atomic E-state index is 0.222. The summed E-state index contributed by atoms with van der Waals surface area (Å²) in [6.07, 6.45) is -1.71. The minimum Gasteiger partial charge on any atom is -0.479 e. The van der Waals surface area contributed by atoms with Gasteiger partial charge in [0.2, 0.25) is 0 Å². The molecule has 0 aromatic heterocycles. The maximum atomic E-state index is 13.2. The van der Waals surface area contributed by atoms with Crippen molar-refractivity contribution in [3.05, 3.63) is 34.6 Å². The van der Waals surface area contributed by atoms with Crippen molar-refractivity contribution in [3.8, 4) is 6.07 Å². The first-order valence-electron chi connectivity index (χ1n) is 4.10. The van der Waals surface area contributed by atoms with Crippen LogP contribution < -0.4 is 0 Å². The lowest BCUT2D eigenvalue weighted by molar-refractivity contribution is -0.146. The van der Waals surface area contributed by atoms with Gasteiger partial charge in [-0.15, -0.1) is 0 Å². The van der Waals surface area contributed by atoms with Crippen molar-refractivity contribution in [1.29, 1.82) is 5.26 Å². The van der Waals surface area contributed by atoms with E-state index in [1.54, 1.807) is 0 Å². The van der Waals surface area contributed by atoms with E-state index >= 15 is 0 Å². The molecule has 0 aliphatic heterocycles. The lowest BCUT2D eigenvalue weighted by Gasteiger charge is -2.07. The molecule has 0 fully saturated rings. The number of carboxylic acid groups (broad SMARTS) is 1. The van der Waals surface area contributed by atoms with Gasteiger partial charge in [0.25, 0.3) is 0 Å². The van der Waals surface area contributed by atoms with Crippen LogP contribution in [0.2, 0.25) is 0 Å². The number of carbonyl (C=O) groups excluding carboxylic acids is 1. The highest BCUT2D eigenvalue weighted by Gasteiger charge is 2.19. The zero-order valence-electron chi connectivity index (χ0n) is 7.85. The Morgan fingerprint density at radius 3 is 2.62 bits per heavy atom. The zero-order chi connectivity index (χ0) is 12.3. The van der Waals surface area contributed by atoms with Crippen molar-refractivity contribution in [3.63, 3.8) is 0 Å². The van der Waals surface area contributed by atoms with Gasteiger partial charge in [-0.05, 0) is 17.7 Å². The third-order valence-electron chi connectivity index (χ3n) is 1.93. The summed E-state index contributed by atoms with van der Waals surface area (Å²) in [4.78, 5) is 21.0. The highest BCUT2D eigenvalue weighted by atomic mass is 19.1. The predicted octanol–water partition coefficient (Wildman–Crippen LogP) is 0.628. The van der Waals surface area contributed by atoms with Gasteiger partial charge in [0.15, 0.2) is 12.4 Å². The van der Waals surface area contributed by atoms with Gasteiger partial charge >= 0.3 is 5.97 Å². The van der Waals surface area contributed by atoms with Crippen LogP contribution in [0.3, 0.4) is 0 Å². The lowest BCUT2D eigenvalue weighted by Crippen LogP contribution is -2.11. The number of carboxylic acids is 1. The van der Waals surface area contributed by atoms with E-state index in [2.05, 4.69) is 0 Å². The van der Waals surface area contributed by atoms with Crippen molar-refractivity contribution in [2.45, 2.75) is 6.10 Å². The fraction of sp³-hybridized carbons (Fsp3) is 0.100. The molecular weight excluding hydrogens is 217 g/mol. The lowest BCUT2D eigenvalue weighted by atomic mass is 10.0. The molecule has 0 aliphatic rings. The molecule has 1 atom stereocenters. The summed E-state index contributed by atoms with van der Waals surface area (Å²) < 4.78 is 13.2. The quantitative estimate of drug-likeness (QED) is 0.732. The second kappa shape index (κ2) is 4.51. The van der Waals surface area contributed by atoms with Gasteiger partial charge in [0.05, 0.1) is 5.56 Å². The van der Waals surface area contributed by atoms with Gasteiger partial charge in [-0.3, -0.25) is 4.79 Å². The first-order valence-corrected chi connectivity index (χ1v) is 4.10. The number of aliphatic hydroxyl groups excluding tert-OH is 1. The van der Waals surface area contributed by atoms with E-state index in [0.29, 0.717) is 6.07 Å². The molecule has 0 saturated heterocycles. The standard InChI is InChI=1S/C10H6FNO4/c11-8-2-5(9(14)10(15)16)1-6(4-13)7(8)3-12/h1-2,4,9,14H,(H,15,16). The Labute approximate surface area is 89.4 Å². The molecule has 0 aliphatic carbocycles. The van der Waals surface area contributed by atoms with E-state index in [9.17, 15) is 14.0 Å².